The number of hydrogen-bond donors (Lipinski definition) is 1. The van der Waals surface area contributed by atoms with Crippen LogP contribution >= 0.6 is 11.8 Å². The highest BCUT2D eigenvalue weighted by molar-refractivity contribution is 8.00. The summed E-state index contributed by atoms with van der Waals surface area (Å²) < 4.78 is 0.393. The van der Waals surface area contributed by atoms with E-state index in [1.807, 2.05) is 0 Å². The monoisotopic (exact) mass is 307 g/mol. The Morgan fingerprint density at radius 1 is 1.29 bits per heavy atom. The molecule has 1 N–H and O–H groups in total. The molecule has 21 heavy (non-hydrogen) atoms. The maximum Gasteiger partial charge on any atom is 0.129 e. The maximum absolute atomic E-state index is 4.86. The number of anilines is 1. The molecule has 0 spiro atoms. The Hall–Kier alpha value is -0.740. The van der Waals surface area contributed by atoms with Gasteiger partial charge in [0, 0.05) is 35.8 Å². The summed E-state index contributed by atoms with van der Waals surface area (Å²) in [5.41, 5.74) is 2.56. The number of nitrogens with one attached hydrogen (secondary N) is 1. The second-order valence-electron chi connectivity index (χ2n) is 6.30. The van der Waals surface area contributed by atoms with Gasteiger partial charge in [-0.15, -0.1) is 0 Å². The normalized spacial score (nSPS) is 18.6. The Bertz CT molecular complexity index is 459. The smallest absolute Gasteiger partial charge is 0.129 e. The fourth-order valence-electron chi connectivity index (χ4n) is 2.60. The zero-order valence-electron chi connectivity index (χ0n) is 13.9. The summed E-state index contributed by atoms with van der Waals surface area (Å²) in [5.74, 6) is 2.36. The first-order valence-corrected chi connectivity index (χ1v) is 9.12. The molecule has 0 amide bonds. The molecule has 3 nitrogen and oxygen atoms in total. The van der Waals surface area contributed by atoms with Gasteiger partial charge in [0.15, 0.2) is 0 Å². The Balaban J connectivity index is 2.17. The molecule has 0 saturated carbocycles. The summed E-state index contributed by atoms with van der Waals surface area (Å²) in [7, 11) is 0. The van der Waals surface area contributed by atoms with Crippen molar-refractivity contribution >= 4 is 17.6 Å². The number of pyridine rings is 1. The molecule has 0 aromatic carbocycles. The van der Waals surface area contributed by atoms with Crippen LogP contribution in [0.5, 0.6) is 0 Å². The second kappa shape index (κ2) is 7.50. The van der Waals surface area contributed by atoms with Crippen molar-refractivity contribution in [1.29, 1.82) is 0 Å². The van der Waals surface area contributed by atoms with Crippen LogP contribution in [0.1, 0.15) is 45.4 Å². The van der Waals surface area contributed by atoms with Crippen LogP contribution in [0.3, 0.4) is 0 Å². The lowest BCUT2D eigenvalue weighted by molar-refractivity contribution is 0.634. The number of aryl methyl sites for hydroxylation is 1. The molecule has 2 heterocycles. The van der Waals surface area contributed by atoms with Crippen molar-refractivity contribution in [3.8, 4) is 0 Å². The molecule has 1 aliphatic heterocycles. The first kappa shape index (κ1) is 16.6. The van der Waals surface area contributed by atoms with Crippen molar-refractivity contribution in [2.75, 3.05) is 30.3 Å². The standard InChI is InChI=1S/C17H29N3S/c1-5-15-11-14(13-18-6-2)12-16(19-15)20-8-7-17(3,4)21-10-9-20/h11-12,18H,5-10,13H2,1-4H3. The van der Waals surface area contributed by atoms with Crippen molar-refractivity contribution in [1.82, 2.24) is 10.3 Å². The SMILES string of the molecule is CCNCc1cc(CC)nc(N2CCSC(C)(C)CC2)c1. The van der Waals surface area contributed by atoms with Gasteiger partial charge in [-0.3, -0.25) is 0 Å². The third-order valence-electron chi connectivity index (χ3n) is 4.03. The van der Waals surface area contributed by atoms with E-state index in [2.05, 4.69) is 61.8 Å². The van der Waals surface area contributed by atoms with Gasteiger partial charge in [0.2, 0.25) is 0 Å². The van der Waals surface area contributed by atoms with Gasteiger partial charge in [-0.05, 0) is 37.1 Å². The van der Waals surface area contributed by atoms with E-state index in [0.717, 1.165) is 32.6 Å². The Morgan fingerprint density at radius 2 is 2.10 bits per heavy atom. The lowest BCUT2D eigenvalue weighted by atomic mass is 10.1. The molecule has 4 heteroatoms. The molecule has 0 radical (unpaired) electrons. The van der Waals surface area contributed by atoms with E-state index in [1.54, 1.807) is 0 Å². The van der Waals surface area contributed by atoms with E-state index in [4.69, 9.17) is 4.98 Å². The van der Waals surface area contributed by atoms with Crippen molar-refractivity contribution in [2.24, 2.45) is 0 Å². The highest BCUT2D eigenvalue weighted by Gasteiger charge is 2.24. The largest absolute Gasteiger partial charge is 0.356 e. The molecule has 0 bridgehead atoms. The first-order valence-electron chi connectivity index (χ1n) is 8.13. The van der Waals surface area contributed by atoms with E-state index in [-0.39, 0.29) is 0 Å². The van der Waals surface area contributed by atoms with E-state index in [9.17, 15) is 0 Å². The molecular weight excluding hydrogens is 278 g/mol. The summed E-state index contributed by atoms with van der Waals surface area (Å²) in [5, 5.41) is 3.42. The minimum absolute atomic E-state index is 0.393. The second-order valence-corrected chi connectivity index (χ2v) is 8.11. The number of hydrogen-bond acceptors (Lipinski definition) is 4. The number of nitrogens with zero attached hydrogens (tertiary/aromatic N) is 2. The van der Waals surface area contributed by atoms with Gasteiger partial charge in [-0.25, -0.2) is 4.98 Å². The summed E-state index contributed by atoms with van der Waals surface area (Å²) in [4.78, 5) is 7.33. The van der Waals surface area contributed by atoms with E-state index in [0.29, 0.717) is 4.75 Å². The Morgan fingerprint density at radius 3 is 2.81 bits per heavy atom. The molecular formula is C17H29N3S. The zero-order chi connectivity index (χ0) is 15.3. The van der Waals surface area contributed by atoms with Crippen LogP contribution in [0.2, 0.25) is 0 Å². The van der Waals surface area contributed by atoms with Crippen LogP contribution in [-0.2, 0) is 13.0 Å². The van der Waals surface area contributed by atoms with Crippen molar-refractivity contribution in [3.63, 3.8) is 0 Å². The average molecular weight is 308 g/mol. The van der Waals surface area contributed by atoms with Crippen LogP contribution in [0.25, 0.3) is 0 Å². The van der Waals surface area contributed by atoms with Crippen LogP contribution in [0.15, 0.2) is 12.1 Å². The van der Waals surface area contributed by atoms with Gasteiger partial charge in [-0.1, -0.05) is 27.7 Å². The minimum Gasteiger partial charge on any atom is -0.356 e. The third-order valence-corrected chi connectivity index (χ3v) is 5.40. The molecule has 0 unspecified atom stereocenters. The highest BCUT2D eigenvalue weighted by atomic mass is 32.2. The summed E-state index contributed by atoms with van der Waals surface area (Å²) in [6, 6.07) is 4.51. The number of thioether (sulfide) groups is 1. The molecule has 118 valence electrons. The first-order chi connectivity index (χ1) is 10.0. The van der Waals surface area contributed by atoms with Crippen LogP contribution in [0, 0.1) is 0 Å². The molecule has 2 rings (SSSR count). The van der Waals surface area contributed by atoms with Gasteiger partial charge in [-0.2, -0.15) is 11.8 Å². The van der Waals surface area contributed by atoms with Crippen LogP contribution in [0.4, 0.5) is 5.82 Å². The molecule has 1 saturated heterocycles. The fourth-order valence-corrected chi connectivity index (χ4v) is 3.70. The minimum atomic E-state index is 0.393. The number of rotatable bonds is 5. The van der Waals surface area contributed by atoms with E-state index < -0.39 is 0 Å². The molecule has 1 aliphatic rings. The van der Waals surface area contributed by atoms with Crippen molar-refractivity contribution in [3.05, 3.63) is 23.4 Å². The van der Waals surface area contributed by atoms with E-state index in [1.165, 1.54) is 29.2 Å². The lowest BCUT2D eigenvalue weighted by Gasteiger charge is -2.24. The topological polar surface area (TPSA) is 28.2 Å². The molecule has 0 aliphatic carbocycles. The van der Waals surface area contributed by atoms with Crippen molar-refractivity contribution < 1.29 is 0 Å². The fraction of sp³-hybridized carbons (Fsp3) is 0.706. The Labute approximate surface area is 133 Å². The summed E-state index contributed by atoms with van der Waals surface area (Å²) in [6.45, 7) is 13.2. The van der Waals surface area contributed by atoms with Gasteiger partial charge in [0.25, 0.3) is 0 Å². The lowest BCUT2D eigenvalue weighted by Crippen LogP contribution is -2.28. The maximum atomic E-state index is 4.86. The summed E-state index contributed by atoms with van der Waals surface area (Å²) >= 11 is 2.09. The van der Waals surface area contributed by atoms with Crippen LogP contribution in [-0.4, -0.2) is 35.1 Å². The molecule has 1 aromatic heterocycles. The van der Waals surface area contributed by atoms with Gasteiger partial charge < -0.3 is 10.2 Å². The summed E-state index contributed by atoms with van der Waals surface area (Å²) in [6.07, 6.45) is 2.22. The van der Waals surface area contributed by atoms with Gasteiger partial charge >= 0.3 is 0 Å². The average Bonchev–Trinajstić information content (AvgIpc) is 2.65. The molecule has 1 aromatic rings. The Kier molecular flexibility index (Phi) is 5.94. The van der Waals surface area contributed by atoms with Gasteiger partial charge in [0.1, 0.15) is 5.82 Å². The molecule has 1 fully saturated rings. The quantitative estimate of drug-likeness (QED) is 0.901. The predicted molar refractivity (Wildman–Crippen MR) is 94.4 cm³/mol. The van der Waals surface area contributed by atoms with Crippen molar-refractivity contribution in [2.45, 2.75) is 51.8 Å². The van der Waals surface area contributed by atoms with Gasteiger partial charge in [0.05, 0.1) is 0 Å². The predicted octanol–water partition coefficient (Wildman–Crippen LogP) is 3.48. The zero-order valence-corrected chi connectivity index (χ0v) is 14.7. The van der Waals surface area contributed by atoms with E-state index >= 15 is 0 Å². The molecule has 0 atom stereocenters. The third kappa shape index (κ3) is 4.89. The number of aromatic nitrogens is 1. The van der Waals surface area contributed by atoms with Crippen LogP contribution < -0.4 is 10.2 Å². The highest BCUT2D eigenvalue weighted by Crippen LogP contribution is 2.32.